The lowest BCUT2D eigenvalue weighted by atomic mass is 9.78. The molecular formula is C18H30N5O+. The highest BCUT2D eigenvalue weighted by atomic mass is 16.2. The summed E-state index contributed by atoms with van der Waals surface area (Å²) in [6, 6.07) is 2.20. The van der Waals surface area contributed by atoms with Gasteiger partial charge in [0.15, 0.2) is 6.54 Å². The summed E-state index contributed by atoms with van der Waals surface area (Å²) in [5, 5.41) is 3.29. The van der Waals surface area contributed by atoms with Crippen molar-refractivity contribution in [2.45, 2.75) is 39.2 Å². The Labute approximate surface area is 144 Å². The summed E-state index contributed by atoms with van der Waals surface area (Å²) < 4.78 is 0. The number of nitrogens with zero attached hydrogens (tertiary/aromatic N) is 3. The van der Waals surface area contributed by atoms with Crippen LogP contribution in [0, 0.1) is 11.8 Å². The minimum absolute atomic E-state index is 0.209. The van der Waals surface area contributed by atoms with Gasteiger partial charge in [0.2, 0.25) is 5.95 Å². The molecule has 1 aliphatic carbocycles. The number of quaternary nitrogens is 1. The first-order valence-electron chi connectivity index (χ1n) is 9.28. The fraction of sp³-hybridized carbons (Fsp3) is 0.722. The average molecular weight is 332 g/mol. The van der Waals surface area contributed by atoms with Gasteiger partial charge in [-0.3, -0.25) is 4.79 Å². The lowest BCUT2D eigenvalue weighted by molar-refractivity contribution is -0.892. The molecule has 3 rings (SSSR count). The highest BCUT2D eigenvalue weighted by Gasteiger charge is 2.30. The zero-order valence-corrected chi connectivity index (χ0v) is 14.9. The van der Waals surface area contributed by atoms with Crippen LogP contribution in [0.4, 0.5) is 5.95 Å². The van der Waals surface area contributed by atoms with Gasteiger partial charge in [0.1, 0.15) is 0 Å². The third kappa shape index (κ3) is 4.23. The number of nitrogens with one attached hydrogen (secondary N) is 2. The predicted molar refractivity (Wildman–Crippen MR) is 93.9 cm³/mol. The molecule has 2 fully saturated rings. The monoisotopic (exact) mass is 332 g/mol. The van der Waals surface area contributed by atoms with Crippen molar-refractivity contribution in [3.63, 3.8) is 0 Å². The van der Waals surface area contributed by atoms with Crippen LogP contribution in [0.3, 0.4) is 0 Å². The van der Waals surface area contributed by atoms with Gasteiger partial charge in [0, 0.05) is 18.4 Å². The molecule has 6 nitrogen and oxygen atoms in total. The van der Waals surface area contributed by atoms with Crippen LogP contribution in [0.1, 0.15) is 33.1 Å². The van der Waals surface area contributed by atoms with E-state index < -0.39 is 0 Å². The molecular weight excluding hydrogens is 302 g/mol. The van der Waals surface area contributed by atoms with Gasteiger partial charge < -0.3 is 15.1 Å². The lowest BCUT2D eigenvalue weighted by Crippen LogP contribution is -3.16. The van der Waals surface area contributed by atoms with Crippen LogP contribution in [0.25, 0.3) is 0 Å². The minimum Gasteiger partial charge on any atom is -0.348 e. The Bertz CT molecular complexity index is 529. The minimum atomic E-state index is 0.209. The second kappa shape index (κ2) is 7.92. The van der Waals surface area contributed by atoms with Gasteiger partial charge in [-0.15, -0.1) is 0 Å². The maximum atomic E-state index is 12.4. The lowest BCUT2D eigenvalue weighted by Gasteiger charge is -2.35. The van der Waals surface area contributed by atoms with Gasteiger partial charge in [-0.25, -0.2) is 9.97 Å². The quantitative estimate of drug-likeness (QED) is 0.822. The van der Waals surface area contributed by atoms with Crippen LogP contribution >= 0.6 is 0 Å². The summed E-state index contributed by atoms with van der Waals surface area (Å²) in [6.45, 7) is 8.90. The zero-order chi connectivity index (χ0) is 16.9. The van der Waals surface area contributed by atoms with Crippen molar-refractivity contribution in [1.29, 1.82) is 0 Å². The molecule has 24 heavy (non-hydrogen) atoms. The topological polar surface area (TPSA) is 62.6 Å². The molecule has 0 radical (unpaired) electrons. The second-order valence-electron chi connectivity index (χ2n) is 7.40. The smallest absolute Gasteiger partial charge is 0.275 e. The fourth-order valence-corrected chi connectivity index (χ4v) is 3.92. The summed E-state index contributed by atoms with van der Waals surface area (Å²) in [4.78, 5) is 24.6. The van der Waals surface area contributed by atoms with E-state index in [0.717, 1.165) is 38.5 Å². The highest BCUT2D eigenvalue weighted by Crippen LogP contribution is 2.29. The van der Waals surface area contributed by atoms with Crippen LogP contribution < -0.4 is 15.1 Å². The molecule has 2 heterocycles. The van der Waals surface area contributed by atoms with Crippen molar-refractivity contribution >= 4 is 11.9 Å². The molecule has 1 saturated carbocycles. The fourth-order valence-electron chi connectivity index (χ4n) is 3.92. The Balaban J connectivity index is 1.43. The van der Waals surface area contributed by atoms with E-state index in [1.165, 1.54) is 17.7 Å². The molecule has 2 aliphatic rings. The van der Waals surface area contributed by atoms with Crippen LogP contribution in [0.2, 0.25) is 0 Å². The maximum Gasteiger partial charge on any atom is 0.275 e. The van der Waals surface area contributed by atoms with Crippen molar-refractivity contribution in [3.8, 4) is 0 Å². The first-order chi connectivity index (χ1) is 11.6. The highest BCUT2D eigenvalue weighted by molar-refractivity contribution is 5.77. The maximum absolute atomic E-state index is 12.4. The van der Waals surface area contributed by atoms with E-state index in [-0.39, 0.29) is 5.91 Å². The molecule has 1 aromatic rings. The Hall–Kier alpha value is -1.69. The average Bonchev–Trinajstić information content (AvgIpc) is 2.60. The summed E-state index contributed by atoms with van der Waals surface area (Å²) in [5.41, 5.74) is 0. The van der Waals surface area contributed by atoms with Crippen molar-refractivity contribution in [2.24, 2.45) is 11.8 Å². The molecule has 1 aliphatic heterocycles. The summed E-state index contributed by atoms with van der Waals surface area (Å²) >= 11 is 0. The Morgan fingerprint density at radius 3 is 2.67 bits per heavy atom. The van der Waals surface area contributed by atoms with Crippen molar-refractivity contribution < 1.29 is 9.69 Å². The molecule has 3 atom stereocenters. The number of piperazine rings is 1. The normalized spacial score (nSPS) is 28.6. The summed E-state index contributed by atoms with van der Waals surface area (Å²) in [6.07, 6.45) is 7.22. The molecule has 1 amide bonds. The van der Waals surface area contributed by atoms with Gasteiger partial charge in [-0.2, -0.15) is 0 Å². The molecule has 0 spiro atoms. The van der Waals surface area contributed by atoms with E-state index >= 15 is 0 Å². The van der Waals surface area contributed by atoms with E-state index in [9.17, 15) is 4.79 Å². The van der Waals surface area contributed by atoms with Gasteiger partial charge in [-0.05, 0) is 24.3 Å². The van der Waals surface area contributed by atoms with E-state index in [0.29, 0.717) is 24.4 Å². The van der Waals surface area contributed by atoms with Gasteiger partial charge in [-0.1, -0.05) is 26.7 Å². The van der Waals surface area contributed by atoms with Crippen LogP contribution in [0.15, 0.2) is 18.5 Å². The molecule has 2 N–H and O–H groups in total. The largest absolute Gasteiger partial charge is 0.348 e. The number of hydrogen-bond donors (Lipinski definition) is 2. The molecule has 0 bridgehead atoms. The van der Waals surface area contributed by atoms with Crippen molar-refractivity contribution in [3.05, 3.63) is 18.5 Å². The van der Waals surface area contributed by atoms with Crippen molar-refractivity contribution in [1.82, 2.24) is 15.3 Å². The second-order valence-corrected chi connectivity index (χ2v) is 7.40. The van der Waals surface area contributed by atoms with Gasteiger partial charge in [0.05, 0.1) is 26.2 Å². The Morgan fingerprint density at radius 1 is 1.25 bits per heavy atom. The van der Waals surface area contributed by atoms with Gasteiger partial charge >= 0.3 is 0 Å². The number of carbonyl (C=O) groups excluding carboxylic acids is 1. The number of anilines is 1. The van der Waals surface area contributed by atoms with E-state index in [2.05, 4.69) is 34.0 Å². The number of rotatable bonds is 4. The summed E-state index contributed by atoms with van der Waals surface area (Å²) in [5.74, 6) is 2.31. The van der Waals surface area contributed by atoms with Crippen LogP contribution in [-0.4, -0.2) is 54.6 Å². The van der Waals surface area contributed by atoms with Crippen molar-refractivity contribution in [2.75, 3.05) is 37.6 Å². The third-order valence-electron chi connectivity index (χ3n) is 5.77. The molecule has 132 valence electrons. The molecule has 0 aromatic carbocycles. The Kier molecular flexibility index (Phi) is 5.66. The Morgan fingerprint density at radius 2 is 1.96 bits per heavy atom. The number of aromatic nitrogens is 2. The van der Waals surface area contributed by atoms with Crippen LogP contribution in [-0.2, 0) is 4.79 Å². The standard InChI is InChI=1S/C18H29N5O/c1-14-5-3-6-16(15(14)2)21-17(24)13-22-9-11-23(12-10-22)18-19-7-4-8-20-18/h4,7-8,14-16H,3,5-6,9-13H2,1-2H3,(H,21,24)/p+1/t14-,15-,16-/m1/s1. The van der Waals surface area contributed by atoms with Crippen LogP contribution in [0.5, 0.6) is 0 Å². The third-order valence-corrected chi connectivity index (χ3v) is 5.77. The summed E-state index contributed by atoms with van der Waals surface area (Å²) in [7, 11) is 0. The predicted octanol–water partition coefficient (Wildman–Crippen LogP) is 0.122. The van der Waals surface area contributed by atoms with Gasteiger partial charge in [0.25, 0.3) is 5.91 Å². The molecule has 0 unspecified atom stereocenters. The molecule has 6 heteroatoms. The van der Waals surface area contributed by atoms with E-state index in [1.54, 1.807) is 12.4 Å². The number of carbonyl (C=O) groups is 1. The SMILES string of the molecule is C[C@@H]1[C@H](C)CCC[C@H]1NC(=O)C[NH+]1CCN(c2ncccn2)CC1. The number of hydrogen-bond acceptors (Lipinski definition) is 4. The zero-order valence-electron chi connectivity index (χ0n) is 14.9. The first kappa shape index (κ1) is 17.1. The first-order valence-corrected chi connectivity index (χ1v) is 9.28. The number of amides is 1. The molecule has 1 aromatic heterocycles. The van der Waals surface area contributed by atoms with E-state index in [1.807, 2.05) is 6.07 Å². The van der Waals surface area contributed by atoms with E-state index in [4.69, 9.17) is 0 Å². The molecule has 1 saturated heterocycles.